The van der Waals surface area contributed by atoms with E-state index in [9.17, 15) is 9.59 Å². The summed E-state index contributed by atoms with van der Waals surface area (Å²) in [5.74, 6) is -0.265. The van der Waals surface area contributed by atoms with Gasteiger partial charge in [-0.1, -0.05) is 37.3 Å². The van der Waals surface area contributed by atoms with E-state index >= 15 is 0 Å². The Balaban J connectivity index is 1.45. The molecule has 0 saturated heterocycles. The highest BCUT2D eigenvalue weighted by Crippen LogP contribution is 2.22. The molecule has 1 aliphatic rings. The number of aromatic nitrogens is 2. The van der Waals surface area contributed by atoms with Gasteiger partial charge in [-0.05, 0) is 35.7 Å². The molecule has 0 saturated carbocycles. The molecule has 0 radical (unpaired) electrons. The highest BCUT2D eigenvalue weighted by Gasteiger charge is 2.25. The van der Waals surface area contributed by atoms with Crippen molar-refractivity contribution in [3.05, 3.63) is 65.5 Å². The van der Waals surface area contributed by atoms with Gasteiger partial charge in [0, 0.05) is 30.8 Å². The molecule has 1 aromatic heterocycles. The van der Waals surface area contributed by atoms with Crippen LogP contribution in [0.3, 0.4) is 0 Å². The Bertz CT molecular complexity index is 1030. The minimum atomic E-state index is -0.656. The first-order valence-corrected chi connectivity index (χ1v) is 9.24. The molecule has 7 nitrogen and oxygen atoms in total. The van der Waals surface area contributed by atoms with Gasteiger partial charge in [-0.15, -0.1) is 10.2 Å². The number of carbonyl (C=O) groups excluding carboxylic acids is 2. The van der Waals surface area contributed by atoms with Crippen molar-refractivity contribution >= 4 is 17.5 Å². The molecule has 0 spiro atoms. The van der Waals surface area contributed by atoms with Crippen LogP contribution < -0.4 is 5.32 Å². The zero-order chi connectivity index (χ0) is 19.5. The summed E-state index contributed by atoms with van der Waals surface area (Å²) in [5.41, 5.74) is 3.50. The Morgan fingerprint density at radius 3 is 2.71 bits per heavy atom. The zero-order valence-corrected chi connectivity index (χ0v) is 15.5. The number of aryl methyl sites for hydroxylation is 1. The maximum Gasteiger partial charge on any atom is 0.313 e. The third-order valence-corrected chi connectivity index (χ3v) is 4.75. The van der Waals surface area contributed by atoms with Crippen molar-refractivity contribution in [1.82, 2.24) is 15.1 Å². The lowest BCUT2D eigenvalue weighted by Gasteiger charge is -2.28. The summed E-state index contributed by atoms with van der Waals surface area (Å²) in [5, 5.41) is 10.6. The summed E-state index contributed by atoms with van der Waals surface area (Å²) in [7, 11) is 0. The van der Waals surface area contributed by atoms with Crippen LogP contribution in [0.5, 0.6) is 0 Å². The predicted octanol–water partition coefficient (Wildman–Crippen LogP) is 2.82. The van der Waals surface area contributed by atoms with E-state index in [4.69, 9.17) is 4.42 Å². The van der Waals surface area contributed by atoms with Crippen molar-refractivity contribution in [2.75, 3.05) is 11.9 Å². The number of benzene rings is 2. The third kappa shape index (κ3) is 3.64. The maximum atomic E-state index is 12.6. The first-order chi connectivity index (χ1) is 13.6. The second-order valence-electron chi connectivity index (χ2n) is 6.63. The van der Waals surface area contributed by atoms with E-state index < -0.39 is 11.8 Å². The number of anilines is 1. The molecule has 3 aromatic rings. The largest absolute Gasteiger partial charge is 0.421 e. The number of hydrogen-bond donors (Lipinski definition) is 1. The molecular formula is C21H20N4O3. The third-order valence-electron chi connectivity index (χ3n) is 4.75. The summed E-state index contributed by atoms with van der Waals surface area (Å²) >= 11 is 0. The van der Waals surface area contributed by atoms with Crippen molar-refractivity contribution < 1.29 is 14.0 Å². The van der Waals surface area contributed by atoms with Crippen molar-refractivity contribution in [3.8, 4) is 11.5 Å². The number of hydrogen-bond acceptors (Lipinski definition) is 5. The monoisotopic (exact) mass is 376 g/mol. The Kier molecular flexibility index (Phi) is 4.89. The van der Waals surface area contributed by atoms with Crippen LogP contribution in [0, 0.1) is 0 Å². The molecule has 142 valence electrons. The Hall–Kier alpha value is -3.48. The standard InChI is InChI=1S/C21H20N4O3/c1-2-18-23-24-20(28-18)15-8-5-9-17(12-15)22-19(26)21(27)25-11-10-14-6-3-4-7-16(14)13-25/h3-9,12H,2,10-11,13H2,1H3,(H,22,26). The molecule has 7 heteroatoms. The molecule has 2 aromatic carbocycles. The van der Waals surface area contributed by atoms with Crippen LogP contribution in [0.4, 0.5) is 5.69 Å². The van der Waals surface area contributed by atoms with E-state index in [1.54, 1.807) is 23.1 Å². The number of nitrogens with zero attached hydrogens (tertiary/aromatic N) is 3. The summed E-state index contributed by atoms with van der Waals surface area (Å²) in [6, 6.07) is 15.0. The Morgan fingerprint density at radius 1 is 1.11 bits per heavy atom. The lowest BCUT2D eigenvalue weighted by Crippen LogP contribution is -2.42. The van der Waals surface area contributed by atoms with Gasteiger partial charge in [-0.3, -0.25) is 9.59 Å². The van der Waals surface area contributed by atoms with Crippen LogP contribution in [-0.4, -0.2) is 33.5 Å². The molecule has 0 fully saturated rings. The van der Waals surface area contributed by atoms with E-state index in [0.29, 0.717) is 42.5 Å². The van der Waals surface area contributed by atoms with Crippen molar-refractivity contribution in [3.63, 3.8) is 0 Å². The van der Waals surface area contributed by atoms with Crippen LogP contribution >= 0.6 is 0 Å². The van der Waals surface area contributed by atoms with Gasteiger partial charge < -0.3 is 14.6 Å². The van der Waals surface area contributed by atoms with Gasteiger partial charge in [-0.25, -0.2) is 0 Å². The average molecular weight is 376 g/mol. The smallest absolute Gasteiger partial charge is 0.313 e. The van der Waals surface area contributed by atoms with Crippen LogP contribution in [0.1, 0.15) is 23.9 Å². The number of fused-ring (bicyclic) bond motifs is 1. The topological polar surface area (TPSA) is 88.3 Å². The molecule has 0 atom stereocenters. The molecule has 4 rings (SSSR count). The van der Waals surface area contributed by atoms with Crippen molar-refractivity contribution in [2.24, 2.45) is 0 Å². The fraction of sp³-hybridized carbons (Fsp3) is 0.238. The summed E-state index contributed by atoms with van der Waals surface area (Å²) in [6.07, 6.45) is 1.40. The van der Waals surface area contributed by atoms with Crippen molar-refractivity contribution in [2.45, 2.75) is 26.3 Å². The normalized spacial score (nSPS) is 13.1. The van der Waals surface area contributed by atoms with E-state index in [1.165, 1.54) is 5.56 Å². The molecule has 2 amide bonds. The first kappa shape index (κ1) is 17.9. The molecular weight excluding hydrogens is 356 g/mol. The second-order valence-corrected chi connectivity index (χ2v) is 6.63. The fourth-order valence-electron chi connectivity index (χ4n) is 3.24. The molecule has 2 heterocycles. The Labute approximate surface area is 162 Å². The van der Waals surface area contributed by atoms with Gasteiger partial charge in [0.2, 0.25) is 11.8 Å². The fourth-order valence-corrected chi connectivity index (χ4v) is 3.24. The van der Waals surface area contributed by atoms with Gasteiger partial charge >= 0.3 is 11.8 Å². The molecule has 1 aliphatic heterocycles. The van der Waals surface area contributed by atoms with Crippen LogP contribution in [0.25, 0.3) is 11.5 Å². The van der Waals surface area contributed by atoms with Crippen molar-refractivity contribution in [1.29, 1.82) is 0 Å². The zero-order valence-electron chi connectivity index (χ0n) is 15.5. The SMILES string of the molecule is CCc1nnc(-c2cccc(NC(=O)C(=O)N3CCc4ccccc4C3)c2)o1. The lowest BCUT2D eigenvalue weighted by atomic mass is 10.00. The quantitative estimate of drug-likeness (QED) is 0.710. The molecule has 1 N–H and O–H groups in total. The number of rotatable bonds is 3. The van der Waals surface area contributed by atoms with Crippen LogP contribution in [-0.2, 0) is 29.0 Å². The maximum absolute atomic E-state index is 12.6. The van der Waals surface area contributed by atoms with E-state index in [2.05, 4.69) is 21.6 Å². The average Bonchev–Trinajstić information content (AvgIpc) is 3.22. The first-order valence-electron chi connectivity index (χ1n) is 9.24. The second kappa shape index (κ2) is 7.64. The van der Waals surface area contributed by atoms with Gasteiger partial charge in [0.05, 0.1) is 0 Å². The van der Waals surface area contributed by atoms with Gasteiger partial charge in [0.1, 0.15) is 0 Å². The minimum Gasteiger partial charge on any atom is -0.421 e. The van der Waals surface area contributed by atoms with Crippen LogP contribution in [0.15, 0.2) is 52.9 Å². The number of amides is 2. The van der Waals surface area contributed by atoms with Crippen LogP contribution in [0.2, 0.25) is 0 Å². The molecule has 0 bridgehead atoms. The molecule has 0 aliphatic carbocycles. The van der Waals surface area contributed by atoms with Gasteiger partial charge in [0.15, 0.2) is 0 Å². The van der Waals surface area contributed by atoms with Gasteiger partial charge in [0.25, 0.3) is 0 Å². The van der Waals surface area contributed by atoms with E-state index in [1.807, 2.05) is 31.2 Å². The highest BCUT2D eigenvalue weighted by atomic mass is 16.4. The molecule has 0 unspecified atom stereocenters. The highest BCUT2D eigenvalue weighted by molar-refractivity contribution is 6.39. The lowest BCUT2D eigenvalue weighted by molar-refractivity contribution is -0.143. The number of nitrogens with one attached hydrogen (secondary N) is 1. The summed E-state index contributed by atoms with van der Waals surface area (Å²) in [6.45, 7) is 2.91. The minimum absolute atomic E-state index is 0.381. The predicted molar refractivity (Wildman–Crippen MR) is 103 cm³/mol. The van der Waals surface area contributed by atoms with E-state index in [-0.39, 0.29) is 0 Å². The number of carbonyl (C=O) groups is 2. The Morgan fingerprint density at radius 2 is 1.93 bits per heavy atom. The van der Waals surface area contributed by atoms with Gasteiger partial charge in [-0.2, -0.15) is 0 Å². The molecule has 28 heavy (non-hydrogen) atoms. The van der Waals surface area contributed by atoms with E-state index in [0.717, 1.165) is 12.0 Å². The summed E-state index contributed by atoms with van der Waals surface area (Å²) < 4.78 is 5.54. The summed E-state index contributed by atoms with van der Waals surface area (Å²) in [4.78, 5) is 26.6.